The molecule has 1 aliphatic heterocycles. The Morgan fingerprint density at radius 2 is 1.96 bits per heavy atom. The molecular weight excluding hydrogens is 373 g/mol. The third kappa shape index (κ3) is 3.46. The average molecular weight is 388 g/mol. The van der Waals surface area contributed by atoms with Crippen LogP contribution >= 0.6 is 11.6 Å². The van der Waals surface area contributed by atoms with Crippen LogP contribution < -0.4 is 14.8 Å². The summed E-state index contributed by atoms with van der Waals surface area (Å²) in [6.07, 6.45) is 0. The number of amides is 1. The lowest BCUT2D eigenvalue weighted by Crippen LogP contribution is -2.13. The van der Waals surface area contributed by atoms with Gasteiger partial charge < -0.3 is 14.8 Å². The average Bonchev–Trinajstić information content (AvgIpc) is 3.21. The van der Waals surface area contributed by atoms with E-state index in [2.05, 4.69) is 10.4 Å². The SMILES string of the molecule is Cc1nn(Cc2ccc(F)cc2)c(Cl)c1C(=O)Nc1ccc2c(c1)OCO2. The number of aryl methyl sites for hydroxylation is 1. The van der Waals surface area contributed by atoms with E-state index in [9.17, 15) is 9.18 Å². The maximum Gasteiger partial charge on any atom is 0.260 e. The van der Waals surface area contributed by atoms with Gasteiger partial charge in [-0.3, -0.25) is 4.79 Å². The van der Waals surface area contributed by atoms with Gasteiger partial charge in [0.1, 0.15) is 11.0 Å². The molecular formula is C19H15ClFN3O3. The molecule has 3 aromatic rings. The number of ether oxygens (including phenoxy) is 2. The van der Waals surface area contributed by atoms with E-state index in [0.29, 0.717) is 29.4 Å². The number of carbonyl (C=O) groups excluding carboxylic acids is 1. The molecule has 1 aliphatic rings. The summed E-state index contributed by atoms with van der Waals surface area (Å²) >= 11 is 6.39. The van der Waals surface area contributed by atoms with Gasteiger partial charge in [0, 0.05) is 11.8 Å². The van der Waals surface area contributed by atoms with E-state index in [1.807, 2.05) is 0 Å². The highest BCUT2D eigenvalue weighted by Gasteiger charge is 2.21. The van der Waals surface area contributed by atoms with E-state index in [4.69, 9.17) is 21.1 Å². The number of rotatable bonds is 4. The number of nitrogens with zero attached hydrogens (tertiary/aromatic N) is 2. The van der Waals surface area contributed by atoms with Crippen molar-refractivity contribution in [2.45, 2.75) is 13.5 Å². The summed E-state index contributed by atoms with van der Waals surface area (Å²) in [5.41, 5.74) is 2.17. The predicted octanol–water partition coefficient (Wildman–Crippen LogP) is 4.01. The van der Waals surface area contributed by atoms with Crippen LogP contribution in [0.1, 0.15) is 21.6 Å². The quantitative estimate of drug-likeness (QED) is 0.734. The summed E-state index contributed by atoms with van der Waals surface area (Å²) in [4.78, 5) is 12.7. The number of halogens is 2. The van der Waals surface area contributed by atoms with Gasteiger partial charge in [-0.15, -0.1) is 0 Å². The monoisotopic (exact) mass is 387 g/mol. The van der Waals surface area contributed by atoms with Crippen LogP contribution in [0.5, 0.6) is 11.5 Å². The highest BCUT2D eigenvalue weighted by Crippen LogP contribution is 2.34. The lowest BCUT2D eigenvalue weighted by molar-refractivity contribution is 0.102. The van der Waals surface area contributed by atoms with Gasteiger partial charge in [-0.1, -0.05) is 23.7 Å². The van der Waals surface area contributed by atoms with Gasteiger partial charge in [0.05, 0.1) is 17.8 Å². The Morgan fingerprint density at radius 1 is 1.22 bits per heavy atom. The zero-order chi connectivity index (χ0) is 19.0. The molecule has 0 fully saturated rings. The number of hydrogen-bond acceptors (Lipinski definition) is 4. The van der Waals surface area contributed by atoms with Crippen molar-refractivity contribution >= 4 is 23.2 Å². The maximum absolute atomic E-state index is 13.1. The first kappa shape index (κ1) is 17.4. The number of carbonyl (C=O) groups is 1. The van der Waals surface area contributed by atoms with E-state index in [-0.39, 0.29) is 29.2 Å². The Balaban J connectivity index is 1.55. The number of benzene rings is 2. The van der Waals surface area contributed by atoms with Crippen LogP contribution in [0.25, 0.3) is 0 Å². The van der Waals surface area contributed by atoms with E-state index in [0.717, 1.165) is 5.56 Å². The van der Waals surface area contributed by atoms with Crippen molar-refractivity contribution in [3.8, 4) is 11.5 Å². The third-order valence-electron chi connectivity index (χ3n) is 4.17. The Hall–Kier alpha value is -3.06. The molecule has 0 atom stereocenters. The summed E-state index contributed by atoms with van der Waals surface area (Å²) in [6.45, 7) is 2.20. The Kier molecular flexibility index (Phi) is 4.45. The lowest BCUT2D eigenvalue weighted by atomic mass is 10.2. The van der Waals surface area contributed by atoms with Crippen LogP contribution in [0.2, 0.25) is 5.15 Å². The van der Waals surface area contributed by atoms with Crippen molar-refractivity contribution in [1.82, 2.24) is 9.78 Å². The summed E-state index contributed by atoms with van der Waals surface area (Å²) in [7, 11) is 0. The van der Waals surface area contributed by atoms with Crippen LogP contribution in [0.15, 0.2) is 42.5 Å². The highest BCUT2D eigenvalue weighted by atomic mass is 35.5. The smallest absolute Gasteiger partial charge is 0.260 e. The molecule has 4 rings (SSSR count). The molecule has 1 N–H and O–H groups in total. The summed E-state index contributed by atoms with van der Waals surface area (Å²) in [6, 6.07) is 11.2. The molecule has 0 saturated heterocycles. The minimum absolute atomic E-state index is 0.161. The van der Waals surface area contributed by atoms with Crippen LogP contribution in [0.4, 0.5) is 10.1 Å². The number of aromatic nitrogens is 2. The molecule has 6 nitrogen and oxygen atoms in total. The van der Waals surface area contributed by atoms with Crippen molar-refractivity contribution in [3.63, 3.8) is 0 Å². The minimum Gasteiger partial charge on any atom is -0.454 e. The van der Waals surface area contributed by atoms with Gasteiger partial charge >= 0.3 is 0 Å². The van der Waals surface area contributed by atoms with Gasteiger partial charge in [-0.05, 0) is 36.8 Å². The largest absolute Gasteiger partial charge is 0.454 e. The molecule has 0 saturated carbocycles. The maximum atomic E-state index is 13.1. The molecule has 0 bridgehead atoms. The van der Waals surface area contributed by atoms with Gasteiger partial charge in [0.2, 0.25) is 6.79 Å². The number of hydrogen-bond donors (Lipinski definition) is 1. The molecule has 1 amide bonds. The first-order chi connectivity index (χ1) is 13.0. The number of nitrogens with one attached hydrogen (secondary N) is 1. The molecule has 27 heavy (non-hydrogen) atoms. The van der Waals surface area contributed by atoms with E-state index >= 15 is 0 Å². The van der Waals surface area contributed by atoms with E-state index in [1.165, 1.54) is 16.8 Å². The normalized spacial score (nSPS) is 12.3. The van der Waals surface area contributed by atoms with E-state index in [1.54, 1.807) is 37.3 Å². The summed E-state index contributed by atoms with van der Waals surface area (Å²) in [5, 5.41) is 7.34. The second-order valence-corrected chi connectivity index (χ2v) is 6.42. The van der Waals surface area contributed by atoms with E-state index < -0.39 is 0 Å². The summed E-state index contributed by atoms with van der Waals surface area (Å²) < 4.78 is 25.1. The van der Waals surface area contributed by atoms with Gasteiger partial charge in [0.15, 0.2) is 11.5 Å². The molecule has 2 aromatic carbocycles. The Bertz CT molecular complexity index is 1020. The first-order valence-electron chi connectivity index (χ1n) is 8.19. The fraction of sp³-hybridized carbons (Fsp3) is 0.158. The van der Waals surface area contributed by atoms with Crippen LogP contribution in [0.3, 0.4) is 0 Å². The minimum atomic E-state index is -0.373. The van der Waals surface area contributed by atoms with Crippen molar-refractivity contribution in [2.24, 2.45) is 0 Å². The molecule has 0 radical (unpaired) electrons. The number of anilines is 1. The zero-order valence-electron chi connectivity index (χ0n) is 14.3. The van der Waals surface area contributed by atoms with Crippen LogP contribution in [0, 0.1) is 12.7 Å². The number of fused-ring (bicyclic) bond motifs is 1. The summed E-state index contributed by atoms with van der Waals surface area (Å²) in [5.74, 6) is 0.518. The second-order valence-electron chi connectivity index (χ2n) is 6.06. The van der Waals surface area contributed by atoms with Crippen molar-refractivity contribution in [1.29, 1.82) is 0 Å². The third-order valence-corrected chi connectivity index (χ3v) is 4.55. The fourth-order valence-corrected chi connectivity index (χ4v) is 3.17. The standard InChI is InChI=1S/C19H15ClFN3O3/c1-11-17(18(20)24(23-11)9-12-2-4-13(21)5-3-12)19(25)22-14-6-7-15-16(8-14)27-10-26-15/h2-8H,9-10H2,1H3,(H,22,25). The van der Waals surface area contributed by atoms with Gasteiger partial charge in [0.25, 0.3) is 5.91 Å². The zero-order valence-corrected chi connectivity index (χ0v) is 15.1. The Morgan fingerprint density at radius 3 is 2.74 bits per heavy atom. The van der Waals surface area contributed by atoms with Crippen molar-refractivity contribution in [3.05, 3.63) is 70.3 Å². The Labute approximate surface area is 159 Å². The molecule has 0 unspecified atom stereocenters. The predicted molar refractivity (Wildman–Crippen MR) is 98.0 cm³/mol. The molecule has 138 valence electrons. The molecule has 0 aliphatic carbocycles. The highest BCUT2D eigenvalue weighted by molar-refractivity contribution is 6.33. The van der Waals surface area contributed by atoms with Gasteiger partial charge in [-0.25, -0.2) is 9.07 Å². The lowest BCUT2D eigenvalue weighted by Gasteiger charge is -2.07. The second kappa shape index (κ2) is 6.92. The van der Waals surface area contributed by atoms with Gasteiger partial charge in [-0.2, -0.15) is 5.10 Å². The van der Waals surface area contributed by atoms with Crippen LogP contribution in [-0.2, 0) is 6.54 Å². The molecule has 1 aromatic heterocycles. The van der Waals surface area contributed by atoms with Crippen molar-refractivity contribution < 1.29 is 18.7 Å². The molecule has 0 spiro atoms. The molecule has 8 heteroatoms. The first-order valence-corrected chi connectivity index (χ1v) is 8.57. The topological polar surface area (TPSA) is 65.4 Å². The van der Waals surface area contributed by atoms with Crippen LogP contribution in [-0.4, -0.2) is 22.5 Å². The molecule has 2 heterocycles. The fourth-order valence-electron chi connectivity index (χ4n) is 2.85. The van der Waals surface area contributed by atoms with Crippen molar-refractivity contribution in [2.75, 3.05) is 12.1 Å².